The van der Waals surface area contributed by atoms with Gasteiger partial charge in [0, 0.05) is 0 Å². The molecule has 1 heterocycles. The summed E-state index contributed by atoms with van der Waals surface area (Å²) in [6, 6.07) is 17.5. The highest BCUT2D eigenvalue weighted by atomic mass is 16.1. The highest BCUT2D eigenvalue weighted by molar-refractivity contribution is 6.30. The monoisotopic (exact) mass is 343 g/mol. The van der Waals surface area contributed by atoms with Gasteiger partial charge >= 0.3 is 0 Å². The fourth-order valence-electron chi connectivity index (χ4n) is 3.58. The van der Waals surface area contributed by atoms with Crippen LogP contribution in [0.15, 0.2) is 54.1 Å². The van der Waals surface area contributed by atoms with Gasteiger partial charge in [0.2, 0.25) is 0 Å². The normalized spacial score (nSPS) is 16.0. The number of pyridine rings is 1. The molecule has 1 aromatic heterocycles. The van der Waals surface area contributed by atoms with Crippen molar-refractivity contribution in [2.45, 2.75) is 31.7 Å². The van der Waals surface area contributed by atoms with Crippen LogP contribution in [0.2, 0.25) is 0 Å². The topological polar surface area (TPSA) is 65.8 Å². The Morgan fingerprint density at radius 3 is 2.58 bits per heavy atom. The van der Waals surface area contributed by atoms with Crippen molar-refractivity contribution in [2.75, 3.05) is 0 Å². The minimum Gasteiger partial charge on any atom is -0.344 e. The Balaban J connectivity index is 1.83. The van der Waals surface area contributed by atoms with Gasteiger partial charge < -0.3 is 5.32 Å². The van der Waals surface area contributed by atoms with Crippen LogP contribution in [0.4, 0.5) is 0 Å². The summed E-state index contributed by atoms with van der Waals surface area (Å²) in [5.74, 6) is 0.0787. The van der Waals surface area contributed by atoms with Crippen LogP contribution in [0.25, 0.3) is 6.08 Å². The first-order valence-electron chi connectivity index (χ1n) is 9.08. The SMILES string of the molecule is Bc1cccc(/C=C(\C#N)C(=O)N[C@H](c2ccccc2)C2CCCC2)n1. The second kappa shape index (κ2) is 8.49. The van der Waals surface area contributed by atoms with E-state index in [-0.39, 0.29) is 17.5 Å². The van der Waals surface area contributed by atoms with Gasteiger partial charge in [-0.2, -0.15) is 5.26 Å². The number of carbonyl (C=O) groups excluding carboxylic acids is 1. The quantitative estimate of drug-likeness (QED) is 0.515. The first kappa shape index (κ1) is 17.9. The standard InChI is InChI=1S/C21H22BN3O/c22-19-12-6-11-18(24-19)13-17(14-23)21(26)25-20(16-9-4-5-10-16)15-7-2-1-3-8-15/h1-3,6-8,11-13,16,20H,4-5,9-10,22H2,(H,25,26)/b17-13+/t20-/m1/s1. The van der Waals surface area contributed by atoms with E-state index in [1.807, 2.05) is 56.4 Å². The molecule has 0 unspecified atom stereocenters. The Kier molecular flexibility index (Phi) is 5.86. The smallest absolute Gasteiger partial charge is 0.262 e. The van der Waals surface area contributed by atoms with E-state index in [0.717, 1.165) is 24.0 Å². The van der Waals surface area contributed by atoms with Crippen molar-refractivity contribution >= 4 is 25.4 Å². The third-order valence-electron chi connectivity index (χ3n) is 4.88. The fraction of sp³-hybridized carbons (Fsp3) is 0.286. The van der Waals surface area contributed by atoms with Crippen LogP contribution in [-0.2, 0) is 4.79 Å². The molecule has 1 aliphatic rings. The largest absolute Gasteiger partial charge is 0.344 e. The Hall–Kier alpha value is -2.87. The van der Waals surface area contributed by atoms with Gasteiger partial charge in [0.1, 0.15) is 11.6 Å². The van der Waals surface area contributed by atoms with Crippen LogP contribution in [0.3, 0.4) is 0 Å². The second-order valence-electron chi connectivity index (χ2n) is 6.78. The van der Waals surface area contributed by atoms with E-state index in [0.29, 0.717) is 11.6 Å². The zero-order valence-corrected chi connectivity index (χ0v) is 15.0. The van der Waals surface area contributed by atoms with Gasteiger partial charge in [0.15, 0.2) is 7.85 Å². The van der Waals surface area contributed by atoms with E-state index < -0.39 is 0 Å². The first-order valence-corrected chi connectivity index (χ1v) is 9.08. The molecule has 0 aliphatic heterocycles. The zero-order chi connectivity index (χ0) is 18.4. The fourth-order valence-corrected chi connectivity index (χ4v) is 3.58. The number of rotatable bonds is 5. The van der Waals surface area contributed by atoms with Crippen LogP contribution in [0, 0.1) is 17.2 Å². The molecule has 1 fully saturated rings. The van der Waals surface area contributed by atoms with Crippen molar-refractivity contribution in [2.24, 2.45) is 5.92 Å². The van der Waals surface area contributed by atoms with E-state index in [1.165, 1.54) is 12.8 Å². The number of nitriles is 1. The first-order chi connectivity index (χ1) is 12.7. The highest BCUT2D eigenvalue weighted by Gasteiger charge is 2.28. The van der Waals surface area contributed by atoms with Crippen molar-refractivity contribution in [1.82, 2.24) is 10.3 Å². The molecule has 1 amide bonds. The number of hydrogen-bond donors (Lipinski definition) is 1. The third-order valence-corrected chi connectivity index (χ3v) is 4.88. The number of benzene rings is 1. The lowest BCUT2D eigenvalue weighted by atomic mass is 9.91. The molecule has 1 N–H and O–H groups in total. The number of nitrogens with zero attached hydrogens (tertiary/aromatic N) is 2. The maximum atomic E-state index is 12.8. The summed E-state index contributed by atoms with van der Waals surface area (Å²) in [5, 5.41) is 12.6. The molecule has 1 aliphatic carbocycles. The van der Waals surface area contributed by atoms with Crippen LogP contribution in [0.1, 0.15) is 43.0 Å². The summed E-state index contributed by atoms with van der Waals surface area (Å²) >= 11 is 0. The van der Waals surface area contributed by atoms with Crippen molar-refractivity contribution in [3.63, 3.8) is 0 Å². The Morgan fingerprint density at radius 2 is 1.92 bits per heavy atom. The molecular weight excluding hydrogens is 321 g/mol. The molecule has 26 heavy (non-hydrogen) atoms. The van der Waals surface area contributed by atoms with Gasteiger partial charge in [0.05, 0.1) is 11.7 Å². The summed E-state index contributed by atoms with van der Waals surface area (Å²) in [6.45, 7) is 0. The third kappa shape index (κ3) is 4.40. The van der Waals surface area contributed by atoms with Crippen molar-refractivity contribution in [3.05, 3.63) is 65.4 Å². The number of aromatic nitrogens is 1. The maximum absolute atomic E-state index is 12.8. The summed E-state index contributed by atoms with van der Waals surface area (Å²) < 4.78 is 0. The van der Waals surface area contributed by atoms with Crippen molar-refractivity contribution in [1.29, 1.82) is 5.26 Å². The molecule has 0 saturated heterocycles. The summed E-state index contributed by atoms with van der Waals surface area (Å²) in [7, 11) is 1.88. The molecule has 130 valence electrons. The second-order valence-corrected chi connectivity index (χ2v) is 6.78. The summed E-state index contributed by atoms with van der Waals surface area (Å²) in [5.41, 5.74) is 2.65. The van der Waals surface area contributed by atoms with E-state index >= 15 is 0 Å². The van der Waals surface area contributed by atoms with Crippen LogP contribution < -0.4 is 10.9 Å². The van der Waals surface area contributed by atoms with Gasteiger partial charge in [-0.3, -0.25) is 9.78 Å². The average Bonchev–Trinajstić information content (AvgIpc) is 3.19. The molecular formula is C21H22BN3O. The Morgan fingerprint density at radius 1 is 1.19 bits per heavy atom. The number of carbonyl (C=O) groups is 1. The molecule has 0 radical (unpaired) electrons. The van der Waals surface area contributed by atoms with E-state index in [1.54, 1.807) is 12.1 Å². The van der Waals surface area contributed by atoms with E-state index in [9.17, 15) is 10.1 Å². The predicted molar refractivity (Wildman–Crippen MR) is 105 cm³/mol. The molecule has 0 bridgehead atoms. The molecule has 3 rings (SSSR count). The molecule has 0 spiro atoms. The molecule has 2 aromatic rings. The predicted octanol–water partition coefficient (Wildman–Crippen LogP) is 2.29. The van der Waals surface area contributed by atoms with Gasteiger partial charge in [-0.25, -0.2) is 0 Å². The lowest BCUT2D eigenvalue weighted by Gasteiger charge is -2.25. The minimum atomic E-state index is -0.337. The lowest BCUT2D eigenvalue weighted by Crippen LogP contribution is -2.33. The van der Waals surface area contributed by atoms with Crippen molar-refractivity contribution < 1.29 is 4.79 Å². The van der Waals surface area contributed by atoms with Gasteiger partial charge in [-0.1, -0.05) is 55.3 Å². The van der Waals surface area contributed by atoms with Gasteiger partial charge in [-0.05, 0) is 42.1 Å². The van der Waals surface area contributed by atoms with E-state index in [2.05, 4.69) is 10.3 Å². The highest BCUT2D eigenvalue weighted by Crippen LogP contribution is 2.35. The van der Waals surface area contributed by atoms with E-state index in [4.69, 9.17) is 0 Å². The average molecular weight is 343 g/mol. The zero-order valence-electron chi connectivity index (χ0n) is 15.0. The molecule has 1 atom stereocenters. The summed E-state index contributed by atoms with van der Waals surface area (Å²) in [6.07, 6.45) is 6.14. The van der Waals surface area contributed by atoms with Crippen LogP contribution >= 0.6 is 0 Å². The summed E-state index contributed by atoms with van der Waals surface area (Å²) in [4.78, 5) is 17.1. The minimum absolute atomic E-state index is 0.0616. The van der Waals surface area contributed by atoms with Gasteiger partial charge in [0.25, 0.3) is 5.91 Å². The molecule has 5 heteroatoms. The van der Waals surface area contributed by atoms with Crippen LogP contribution in [-0.4, -0.2) is 18.7 Å². The molecule has 4 nitrogen and oxygen atoms in total. The maximum Gasteiger partial charge on any atom is 0.262 e. The Labute approximate surface area is 155 Å². The van der Waals surface area contributed by atoms with Crippen molar-refractivity contribution in [3.8, 4) is 6.07 Å². The number of amides is 1. The molecule has 1 aromatic carbocycles. The van der Waals surface area contributed by atoms with Crippen LogP contribution in [0.5, 0.6) is 0 Å². The number of hydrogen-bond acceptors (Lipinski definition) is 3. The Bertz CT molecular complexity index is 836. The number of nitrogens with one attached hydrogen (secondary N) is 1. The van der Waals surface area contributed by atoms with Gasteiger partial charge in [-0.15, -0.1) is 0 Å². The molecule has 1 saturated carbocycles. The lowest BCUT2D eigenvalue weighted by molar-refractivity contribution is -0.118.